The molecule has 5 nitrogen and oxygen atoms in total. The van der Waals surface area contributed by atoms with Gasteiger partial charge in [0.25, 0.3) is 0 Å². The molecule has 1 aromatic carbocycles. The smallest absolute Gasteiger partial charge is 0.311 e. The highest BCUT2D eigenvalue weighted by Crippen LogP contribution is 2.32. The number of hydrogen-bond acceptors (Lipinski definition) is 2. The summed E-state index contributed by atoms with van der Waals surface area (Å²) in [6, 6.07) is 3.97. The van der Waals surface area contributed by atoms with Crippen LogP contribution in [0.5, 0.6) is 0 Å². The lowest BCUT2D eigenvalue weighted by molar-refractivity contribution is -0.145. The average molecular weight is 265 g/mol. The molecule has 0 fully saturated rings. The fourth-order valence-corrected chi connectivity index (χ4v) is 2.26. The van der Waals surface area contributed by atoms with E-state index in [1.807, 2.05) is 0 Å². The fraction of sp³-hybridized carbons (Fsp3) is 0.231. The van der Waals surface area contributed by atoms with Crippen molar-refractivity contribution in [3.63, 3.8) is 0 Å². The van der Waals surface area contributed by atoms with Crippen LogP contribution in [-0.2, 0) is 9.59 Å². The van der Waals surface area contributed by atoms with Crippen LogP contribution < -0.4 is 0 Å². The van der Waals surface area contributed by atoms with Gasteiger partial charge in [-0.3, -0.25) is 9.59 Å². The van der Waals surface area contributed by atoms with E-state index in [0.717, 1.165) is 0 Å². The van der Waals surface area contributed by atoms with Gasteiger partial charge < -0.3 is 15.2 Å². The molecule has 3 N–H and O–H groups in total. The van der Waals surface area contributed by atoms with Gasteiger partial charge in [-0.25, -0.2) is 4.39 Å². The van der Waals surface area contributed by atoms with Gasteiger partial charge in [-0.1, -0.05) is 0 Å². The number of benzene rings is 1. The Morgan fingerprint density at radius 3 is 2.63 bits per heavy atom. The summed E-state index contributed by atoms with van der Waals surface area (Å²) in [5, 5.41) is 18.4. The number of nitrogens with one attached hydrogen (secondary N) is 1. The van der Waals surface area contributed by atoms with Gasteiger partial charge in [0.15, 0.2) is 0 Å². The van der Waals surface area contributed by atoms with Gasteiger partial charge in [0, 0.05) is 16.6 Å². The standard InChI is InChI=1S/C13H12FNO4/c1-6-12(9(13(18)19)5-11(16)17)8-4-7(14)2-3-10(8)15-6/h2-4,9,15H,5H2,1H3,(H,16,17)(H,18,19). The first kappa shape index (κ1) is 13.1. The van der Waals surface area contributed by atoms with Crippen molar-refractivity contribution in [3.05, 3.63) is 35.3 Å². The quantitative estimate of drug-likeness (QED) is 0.790. The molecule has 1 heterocycles. The minimum absolute atomic E-state index is 0.324. The van der Waals surface area contributed by atoms with Crippen LogP contribution in [0.15, 0.2) is 18.2 Å². The maximum absolute atomic E-state index is 13.3. The second kappa shape index (κ2) is 4.72. The van der Waals surface area contributed by atoms with Crippen LogP contribution >= 0.6 is 0 Å². The molecule has 0 aliphatic carbocycles. The molecule has 19 heavy (non-hydrogen) atoms. The highest BCUT2D eigenvalue weighted by Gasteiger charge is 2.27. The molecule has 0 radical (unpaired) electrons. The Bertz CT molecular complexity index is 662. The molecule has 0 saturated heterocycles. The predicted octanol–water partition coefficient (Wildman–Crippen LogP) is 2.26. The number of fused-ring (bicyclic) bond motifs is 1. The first-order chi connectivity index (χ1) is 8.90. The van der Waals surface area contributed by atoms with Gasteiger partial charge in [-0.2, -0.15) is 0 Å². The van der Waals surface area contributed by atoms with Gasteiger partial charge in [0.05, 0.1) is 12.3 Å². The normalized spacial score (nSPS) is 12.5. The summed E-state index contributed by atoms with van der Waals surface area (Å²) < 4.78 is 13.3. The molecule has 0 amide bonds. The minimum Gasteiger partial charge on any atom is -0.481 e. The molecule has 0 aliphatic heterocycles. The van der Waals surface area contributed by atoms with Crippen molar-refractivity contribution in [2.24, 2.45) is 0 Å². The number of carboxylic acid groups (broad SMARTS) is 2. The minimum atomic E-state index is -1.24. The van der Waals surface area contributed by atoms with E-state index in [1.54, 1.807) is 6.92 Å². The molecule has 0 bridgehead atoms. The van der Waals surface area contributed by atoms with Crippen LogP contribution in [0.1, 0.15) is 23.6 Å². The highest BCUT2D eigenvalue weighted by atomic mass is 19.1. The Hall–Kier alpha value is -2.37. The Balaban J connectivity index is 2.64. The molecule has 0 spiro atoms. The summed E-state index contributed by atoms with van der Waals surface area (Å²) in [7, 11) is 0. The molecule has 100 valence electrons. The van der Waals surface area contributed by atoms with E-state index >= 15 is 0 Å². The Morgan fingerprint density at radius 1 is 1.37 bits per heavy atom. The number of hydrogen-bond donors (Lipinski definition) is 3. The number of aromatic amines is 1. The topological polar surface area (TPSA) is 90.4 Å². The van der Waals surface area contributed by atoms with Gasteiger partial charge >= 0.3 is 11.9 Å². The van der Waals surface area contributed by atoms with E-state index in [9.17, 15) is 19.1 Å². The zero-order valence-electron chi connectivity index (χ0n) is 10.1. The van der Waals surface area contributed by atoms with Gasteiger partial charge in [0.1, 0.15) is 5.82 Å². The van der Waals surface area contributed by atoms with Crippen molar-refractivity contribution in [1.29, 1.82) is 0 Å². The molecular weight excluding hydrogens is 253 g/mol. The van der Waals surface area contributed by atoms with Crippen LogP contribution in [0.25, 0.3) is 10.9 Å². The number of aliphatic carboxylic acids is 2. The van der Waals surface area contributed by atoms with Crippen LogP contribution in [0.3, 0.4) is 0 Å². The Labute approximate surface area is 107 Å². The largest absolute Gasteiger partial charge is 0.481 e. The Morgan fingerprint density at radius 2 is 2.05 bits per heavy atom. The van der Waals surface area contributed by atoms with Crippen LogP contribution in [-0.4, -0.2) is 27.1 Å². The summed E-state index contributed by atoms with van der Waals surface area (Å²) in [4.78, 5) is 25.0. The third-order valence-electron chi connectivity index (χ3n) is 3.02. The van der Waals surface area contributed by atoms with E-state index in [0.29, 0.717) is 22.2 Å². The lowest BCUT2D eigenvalue weighted by Crippen LogP contribution is -2.16. The number of aromatic nitrogens is 1. The SMILES string of the molecule is Cc1[nH]c2ccc(F)cc2c1C(CC(=O)O)C(=O)O. The third-order valence-corrected chi connectivity index (χ3v) is 3.02. The van der Waals surface area contributed by atoms with Crippen molar-refractivity contribution >= 4 is 22.8 Å². The summed E-state index contributed by atoms with van der Waals surface area (Å²) in [5.41, 5.74) is 1.45. The molecule has 1 aromatic heterocycles. The number of aryl methyl sites for hydroxylation is 1. The number of carboxylic acids is 2. The molecule has 2 aromatic rings. The maximum Gasteiger partial charge on any atom is 0.311 e. The second-order valence-electron chi connectivity index (χ2n) is 4.34. The summed E-state index contributed by atoms with van der Waals surface area (Å²) in [6.45, 7) is 1.64. The van der Waals surface area contributed by atoms with E-state index < -0.39 is 30.1 Å². The molecule has 2 rings (SSSR count). The van der Waals surface area contributed by atoms with Crippen molar-refractivity contribution < 1.29 is 24.2 Å². The lowest BCUT2D eigenvalue weighted by atomic mass is 9.93. The van der Waals surface area contributed by atoms with Crippen molar-refractivity contribution in [2.45, 2.75) is 19.3 Å². The van der Waals surface area contributed by atoms with E-state index in [4.69, 9.17) is 5.11 Å². The van der Waals surface area contributed by atoms with Crippen LogP contribution in [0.2, 0.25) is 0 Å². The fourth-order valence-electron chi connectivity index (χ4n) is 2.26. The molecular formula is C13H12FNO4. The van der Waals surface area contributed by atoms with E-state index in [2.05, 4.69) is 4.98 Å². The van der Waals surface area contributed by atoms with Gasteiger partial charge in [-0.05, 0) is 30.7 Å². The monoisotopic (exact) mass is 265 g/mol. The van der Waals surface area contributed by atoms with Gasteiger partial charge in [-0.15, -0.1) is 0 Å². The zero-order valence-corrected chi connectivity index (χ0v) is 10.1. The van der Waals surface area contributed by atoms with Gasteiger partial charge in [0.2, 0.25) is 0 Å². The third kappa shape index (κ3) is 2.42. The molecule has 1 unspecified atom stereocenters. The average Bonchev–Trinajstić information content (AvgIpc) is 2.61. The predicted molar refractivity (Wildman–Crippen MR) is 65.6 cm³/mol. The van der Waals surface area contributed by atoms with E-state index in [1.165, 1.54) is 18.2 Å². The number of halogens is 1. The Kier molecular flexibility index (Phi) is 3.25. The molecule has 0 aliphatic rings. The summed E-state index contributed by atoms with van der Waals surface area (Å²) in [5.74, 6) is -4.14. The first-order valence-electron chi connectivity index (χ1n) is 5.62. The first-order valence-corrected chi connectivity index (χ1v) is 5.62. The highest BCUT2D eigenvalue weighted by molar-refractivity contribution is 5.92. The summed E-state index contributed by atoms with van der Waals surface area (Å²) in [6.07, 6.45) is -0.542. The number of carbonyl (C=O) groups is 2. The molecule has 0 saturated carbocycles. The number of H-pyrrole nitrogens is 1. The van der Waals surface area contributed by atoms with Crippen molar-refractivity contribution in [2.75, 3.05) is 0 Å². The lowest BCUT2D eigenvalue weighted by Gasteiger charge is -2.10. The van der Waals surface area contributed by atoms with E-state index in [-0.39, 0.29) is 0 Å². The van der Waals surface area contributed by atoms with Crippen LogP contribution in [0, 0.1) is 12.7 Å². The zero-order chi connectivity index (χ0) is 14.2. The summed E-state index contributed by atoms with van der Waals surface area (Å²) >= 11 is 0. The van der Waals surface area contributed by atoms with Crippen molar-refractivity contribution in [1.82, 2.24) is 4.98 Å². The van der Waals surface area contributed by atoms with Crippen LogP contribution in [0.4, 0.5) is 4.39 Å². The maximum atomic E-state index is 13.3. The molecule has 1 atom stereocenters. The molecule has 6 heteroatoms. The second-order valence-corrected chi connectivity index (χ2v) is 4.34. The number of rotatable bonds is 4. The van der Waals surface area contributed by atoms with Crippen molar-refractivity contribution in [3.8, 4) is 0 Å².